The SMILES string of the molecule is CN(C)C(=O)n1c(=O)ccc2ccc(OCCCCN3CCN(c4cccc5sccc45)CC3)cc21. The Morgan fingerprint density at radius 2 is 1.81 bits per heavy atom. The van der Waals surface area contributed by atoms with E-state index in [-0.39, 0.29) is 11.6 Å². The van der Waals surface area contributed by atoms with Crippen LogP contribution in [0.5, 0.6) is 5.75 Å². The zero-order valence-corrected chi connectivity index (χ0v) is 21.7. The quantitative estimate of drug-likeness (QED) is 0.341. The molecule has 2 aromatic heterocycles. The van der Waals surface area contributed by atoms with Crippen molar-refractivity contribution in [2.24, 2.45) is 0 Å². The third-order valence-corrected chi connectivity index (χ3v) is 7.65. The second-order valence-electron chi connectivity index (χ2n) is 9.40. The Morgan fingerprint density at radius 1 is 1.00 bits per heavy atom. The number of thiophene rings is 1. The fraction of sp³-hybridized carbons (Fsp3) is 0.357. The number of anilines is 1. The number of ether oxygens (including phenoxy) is 1. The molecule has 188 valence electrons. The van der Waals surface area contributed by atoms with Gasteiger partial charge in [0.15, 0.2) is 0 Å². The molecule has 2 aromatic carbocycles. The highest BCUT2D eigenvalue weighted by atomic mass is 32.1. The molecule has 0 saturated carbocycles. The highest BCUT2D eigenvalue weighted by Gasteiger charge is 2.18. The fourth-order valence-electron chi connectivity index (χ4n) is 4.79. The molecule has 1 amide bonds. The molecule has 0 atom stereocenters. The van der Waals surface area contributed by atoms with Gasteiger partial charge in [-0.05, 0) is 66.6 Å². The van der Waals surface area contributed by atoms with Crippen LogP contribution in [0.15, 0.2) is 64.8 Å². The normalized spacial score (nSPS) is 14.4. The van der Waals surface area contributed by atoms with Gasteiger partial charge in [0.25, 0.3) is 5.56 Å². The molecule has 3 heterocycles. The van der Waals surface area contributed by atoms with E-state index in [0.29, 0.717) is 17.9 Å². The molecule has 0 unspecified atom stereocenters. The summed E-state index contributed by atoms with van der Waals surface area (Å²) in [6, 6.07) is 17.2. The molecule has 0 N–H and O–H groups in total. The summed E-state index contributed by atoms with van der Waals surface area (Å²) in [6.45, 7) is 5.91. The monoisotopic (exact) mass is 504 g/mol. The number of amides is 1. The van der Waals surface area contributed by atoms with Crippen molar-refractivity contribution in [2.75, 3.05) is 58.3 Å². The molecule has 36 heavy (non-hydrogen) atoms. The minimum Gasteiger partial charge on any atom is -0.494 e. The summed E-state index contributed by atoms with van der Waals surface area (Å²) in [7, 11) is 3.27. The van der Waals surface area contributed by atoms with Crippen LogP contribution in [-0.2, 0) is 0 Å². The van der Waals surface area contributed by atoms with Gasteiger partial charge in [-0.2, -0.15) is 0 Å². The van der Waals surface area contributed by atoms with E-state index in [9.17, 15) is 9.59 Å². The number of piperazine rings is 1. The van der Waals surface area contributed by atoms with Crippen LogP contribution in [0, 0.1) is 0 Å². The summed E-state index contributed by atoms with van der Waals surface area (Å²) >= 11 is 1.80. The Morgan fingerprint density at radius 3 is 2.61 bits per heavy atom. The van der Waals surface area contributed by atoms with Crippen molar-refractivity contribution in [2.45, 2.75) is 12.8 Å². The van der Waals surface area contributed by atoms with Crippen molar-refractivity contribution in [3.8, 4) is 5.75 Å². The molecule has 1 fully saturated rings. The number of benzene rings is 2. The third-order valence-electron chi connectivity index (χ3n) is 6.77. The van der Waals surface area contributed by atoms with Gasteiger partial charge in [-0.1, -0.05) is 6.07 Å². The van der Waals surface area contributed by atoms with Crippen LogP contribution in [0.2, 0.25) is 0 Å². The summed E-state index contributed by atoms with van der Waals surface area (Å²) in [5.41, 5.74) is 1.58. The molecule has 0 aliphatic carbocycles. The van der Waals surface area contributed by atoms with E-state index in [2.05, 4.69) is 39.4 Å². The Bertz CT molecular complexity index is 1420. The number of pyridine rings is 1. The maximum atomic E-state index is 12.5. The largest absolute Gasteiger partial charge is 0.494 e. The van der Waals surface area contributed by atoms with Crippen molar-refractivity contribution < 1.29 is 9.53 Å². The number of hydrogen-bond acceptors (Lipinski definition) is 6. The molecule has 0 bridgehead atoms. The minimum atomic E-state index is -0.366. The van der Waals surface area contributed by atoms with E-state index in [1.165, 1.54) is 31.3 Å². The topological polar surface area (TPSA) is 58.0 Å². The first-order valence-electron chi connectivity index (χ1n) is 12.4. The Hall–Kier alpha value is -3.36. The number of fused-ring (bicyclic) bond motifs is 2. The second-order valence-corrected chi connectivity index (χ2v) is 10.3. The van der Waals surface area contributed by atoms with Gasteiger partial charge in [-0.3, -0.25) is 9.69 Å². The summed E-state index contributed by atoms with van der Waals surface area (Å²) < 4.78 is 8.53. The molecule has 7 nitrogen and oxygen atoms in total. The highest BCUT2D eigenvalue weighted by Crippen LogP contribution is 2.31. The maximum Gasteiger partial charge on any atom is 0.331 e. The van der Waals surface area contributed by atoms with E-state index >= 15 is 0 Å². The number of hydrogen-bond donors (Lipinski definition) is 0. The molecule has 4 aromatic rings. The van der Waals surface area contributed by atoms with Gasteiger partial charge in [0.05, 0.1) is 12.1 Å². The van der Waals surface area contributed by atoms with E-state index in [1.807, 2.05) is 12.1 Å². The molecule has 1 aliphatic heterocycles. The summed E-state index contributed by atoms with van der Waals surface area (Å²) in [5.74, 6) is 0.671. The lowest BCUT2D eigenvalue weighted by Crippen LogP contribution is -2.46. The molecule has 1 saturated heterocycles. The van der Waals surface area contributed by atoms with Crippen molar-refractivity contribution in [1.82, 2.24) is 14.4 Å². The second kappa shape index (κ2) is 10.7. The van der Waals surface area contributed by atoms with Crippen LogP contribution >= 0.6 is 11.3 Å². The van der Waals surface area contributed by atoms with Crippen LogP contribution in [0.4, 0.5) is 10.5 Å². The lowest BCUT2D eigenvalue weighted by molar-refractivity contribution is 0.219. The zero-order chi connectivity index (χ0) is 25.1. The molecule has 0 spiro atoms. The lowest BCUT2D eigenvalue weighted by atomic mass is 10.2. The van der Waals surface area contributed by atoms with Crippen LogP contribution in [-0.4, -0.2) is 73.8 Å². The number of rotatable bonds is 7. The number of unbranched alkanes of at least 4 members (excludes halogenated alkanes) is 1. The maximum absolute atomic E-state index is 12.5. The predicted molar refractivity (Wildman–Crippen MR) is 148 cm³/mol. The van der Waals surface area contributed by atoms with Gasteiger partial charge in [0, 0.05) is 68.2 Å². The standard InChI is InChI=1S/C28H32N4O3S/c1-29(2)28(34)32-25-20-22(10-8-21(25)9-11-27(32)33)35-18-4-3-13-30-14-16-31(17-15-30)24-6-5-7-26-23(24)12-19-36-26/h5-12,19-20H,3-4,13-18H2,1-2H3. The van der Waals surface area contributed by atoms with Gasteiger partial charge in [0.1, 0.15) is 5.75 Å². The van der Waals surface area contributed by atoms with Crippen molar-refractivity contribution in [1.29, 1.82) is 0 Å². The van der Waals surface area contributed by atoms with Crippen LogP contribution in [0.25, 0.3) is 21.0 Å². The highest BCUT2D eigenvalue weighted by molar-refractivity contribution is 7.17. The Kier molecular flexibility index (Phi) is 7.25. The average Bonchev–Trinajstić information content (AvgIpc) is 3.37. The molecule has 1 aliphatic rings. The lowest BCUT2D eigenvalue weighted by Gasteiger charge is -2.36. The first kappa shape index (κ1) is 24.3. The van der Waals surface area contributed by atoms with E-state index in [4.69, 9.17) is 4.74 Å². The summed E-state index contributed by atoms with van der Waals surface area (Å²) in [4.78, 5) is 31.3. The molecule has 0 radical (unpaired) electrons. The fourth-order valence-corrected chi connectivity index (χ4v) is 5.60. The average molecular weight is 505 g/mol. The number of nitrogens with zero attached hydrogens (tertiary/aromatic N) is 4. The summed E-state index contributed by atoms with van der Waals surface area (Å²) in [5, 5.41) is 4.36. The van der Waals surface area contributed by atoms with E-state index < -0.39 is 0 Å². The first-order valence-corrected chi connectivity index (χ1v) is 13.3. The van der Waals surface area contributed by atoms with Gasteiger partial charge in [-0.15, -0.1) is 11.3 Å². The zero-order valence-electron chi connectivity index (χ0n) is 20.9. The van der Waals surface area contributed by atoms with Crippen LogP contribution in [0.3, 0.4) is 0 Å². The summed E-state index contributed by atoms with van der Waals surface area (Å²) in [6.07, 6.45) is 2.02. The smallest absolute Gasteiger partial charge is 0.331 e. The molecule has 8 heteroatoms. The number of carbonyl (C=O) groups is 1. The molecule has 5 rings (SSSR count). The molecular weight excluding hydrogens is 472 g/mol. The van der Waals surface area contributed by atoms with Gasteiger partial charge in [0.2, 0.25) is 0 Å². The number of carbonyl (C=O) groups excluding carboxylic acids is 1. The third kappa shape index (κ3) is 5.10. The van der Waals surface area contributed by atoms with Crippen LogP contribution < -0.4 is 15.2 Å². The van der Waals surface area contributed by atoms with Gasteiger partial charge < -0.3 is 14.5 Å². The van der Waals surface area contributed by atoms with Crippen molar-refractivity contribution in [3.05, 3.63) is 70.3 Å². The molecular formula is C28H32N4O3S. The van der Waals surface area contributed by atoms with E-state index in [0.717, 1.165) is 51.0 Å². The van der Waals surface area contributed by atoms with Gasteiger partial charge >= 0.3 is 6.03 Å². The number of aromatic nitrogens is 1. The predicted octanol–water partition coefficient (Wildman–Crippen LogP) is 4.73. The van der Waals surface area contributed by atoms with Crippen molar-refractivity contribution in [3.63, 3.8) is 0 Å². The van der Waals surface area contributed by atoms with Crippen LogP contribution in [0.1, 0.15) is 12.8 Å². The minimum absolute atomic E-state index is 0.342. The Balaban J connectivity index is 1.10. The first-order chi connectivity index (χ1) is 17.5. The van der Waals surface area contributed by atoms with Crippen molar-refractivity contribution >= 4 is 44.0 Å². The van der Waals surface area contributed by atoms with E-state index in [1.54, 1.807) is 37.6 Å². The Labute approximate surface area is 215 Å². The van der Waals surface area contributed by atoms with Gasteiger partial charge in [-0.25, -0.2) is 9.36 Å².